The molecule has 0 aliphatic carbocycles. The molecule has 5 nitrogen and oxygen atoms in total. The van der Waals surface area contributed by atoms with Crippen molar-refractivity contribution in [1.82, 2.24) is 10.2 Å². The second kappa shape index (κ2) is 9.28. The van der Waals surface area contributed by atoms with Gasteiger partial charge in [0.2, 0.25) is 11.0 Å². The van der Waals surface area contributed by atoms with Crippen LogP contribution in [0.1, 0.15) is 42.9 Å². The first-order valence-corrected chi connectivity index (χ1v) is 9.72. The number of amides is 1. The summed E-state index contributed by atoms with van der Waals surface area (Å²) in [6.45, 7) is 6.02. The Bertz CT molecular complexity index is 899. The number of carbonyl (C=O) groups excluding carboxylic acids is 1. The topological polar surface area (TPSA) is 80.9 Å². The zero-order valence-electron chi connectivity index (χ0n) is 16.1. The molecule has 0 saturated heterocycles. The summed E-state index contributed by atoms with van der Waals surface area (Å²) in [5, 5.41) is 12.7. The molecule has 1 heterocycles. The summed E-state index contributed by atoms with van der Waals surface area (Å²) in [6, 6.07) is 19.4. The van der Waals surface area contributed by atoms with E-state index in [0.717, 1.165) is 16.1 Å². The van der Waals surface area contributed by atoms with E-state index in [1.54, 1.807) is 0 Å². The van der Waals surface area contributed by atoms with Crippen LogP contribution in [0.25, 0.3) is 0 Å². The predicted octanol–water partition coefficient (Wildman–Crippen LogP) is 4.56. The highest BCUT2D eigenvalue weighted by Crippen LogP contribution is 2.34. The third kappa shape index (κ3) is 4.76. The van der Waals surface area contributed by atoms with Gasteiger partial charge >= 0.3 is 0 Å². The maximum absolute atomic E-state index is 12.6. The summed E-state index contributed by atoms with van der Waals surface area (Å²) in [5.41, 5.74) is 8.05. The summed E-state index contributed by atoms with van der Waals surface area (Å²) in [5.74, 6) is -0.548. The highest BCUT2D eigenvalue weighted by molar-refractivity contribution is 7.15. The summed E-state index contributed by atoms with van der Waals surface area (Å²) in [7, 11) is 0. The van der Waals surface area contributed by atoms with Gasteiger partial charge in [0.25, 0.3) is 0 Å². The fraction of sp³-hybridized carbons (Fsp3) is 0.286. The Hall–Kier alpha value is -2.28. The minimum absolute atomic E-state index is 0. The van der Waals surface area contributed by atoms with Crippen LogP contribution in [-0.4, -0.2) is 16.1 Å². The molecule has 1 amide bonds. The van der Waals surface area contributed by atoms with Crippen LogP contribution in [-0.2, 0) is 10.2 Å². The van der Waals surface area contributed by atoms with Crippen LogP contribution in [0.15, 0.2) is 60.7 Å². The van der Waals surface area contributed by atoms with Crippen molar-refractivity contribution in [3.8, 4) is 0 Å². The fourth-order valence-corrected chi connectivity index (χ4v) is 3.72. The average molecular weight is 417 g/mol. The molecule has 3 rings (SSSR count). The summed E-state index contributed by atoms with van der Waals surface area (Å²) in [6.07, 6.45) is 0. The second-order valence-electron chi connectivity index (χ2n) is 7.12. The molecule has 148 valence electrons. The fourth-order valence-electron chi connectivity index (χ4n) is 2.85. The van der Waals surface area contributed by atoms with E-state index in [1.165, 1.54) is 11.3 Å². The van der Waals surface area contributed by atoms with Gasteiger partial charge in [-0.25, -0.2) is 0 Å². The Morgan fingerprint density at radius 3 is 2.21 bits per heavy atom. The number of hydrogen-bond acceptors (Lipinski definition) is 5. The van der Waals surface area contributed by atoms with Crippen molar-refractivity contribution in [3.05, 3.63) is 76.8 Å². The Morgan fingerprint density at radius 2 is 1.61 bits per heavy atom. The van der Waals surface area contributed by atoms with E-state index in [2.05, 4.69) is 41.5 Å². The highest BCUT2D eigenvalue weighted by atomic mass is 35.5. The molecule has 0 aliphatic heterocycles. The van der Waals surface area contributed by atoms with Gasteiger partial charge in [0, 0.05) is 11.5 Å². The molecular formula is C21H25ClN4OS. The van der Waals surface area contributed by atoms with Gasteiger partial charge in [-0.3, -0.25) is 4.79 Å². The highest BCUT2D eigenvalue weighted by Gasteiger charge is 2.29. The minimum Gasteiger partial charge on any atom is -0.323 e. The number of benzene rings is 2. The van der Waals surface area contributed by atoms with E-state index in [4.69, 9.17) is 5.73 Å². The normalized spacial score (nSPS) is 13.3. The van der Waals surface area contributed by atoms with Crippen molar-refractivity contribution >= 4 is 34.8 Å². The smallest absolute Gasteiger partial charge is 0.230 e. The Kier molecular flexibility index (Phi) is 7.29. The first-order chi connectivity index (χ1) is 12.9. The number of nitrogens with one attached hydrogen (secondary N) is 1. The van der Waals surface area contributed by atoms with Gasteiger partial charge in [0.15, 0.2) is 0 Å². The SMILES string of the molecule is CC(C(=O)Nc1nnc(C(C)(C)c2ccccc2)s1)C(N)c1ccccc1.Cl. The number of rotatable bonds is 6. The molecule has 2 aromatic carbocycles. The van der Waals surface area contributed by atoms with Crippen LogP contribution < -0.4 is 11.1 Å². The Balaban J connectivity index is 0.00000280. The number of aromatic nitrogens is 2. The van der Waals surface area contributed by atoms with Crippen LogP contribution in [0.3, 0.4) is 0 Å². The van der Waals surface area contributed by atoms with Crippen LogP contribution in [0.2, 0.25) is 0 Å². The Labute approximate surface area is 175 Å². The van der Waals surface area contributed by atoms with Gasteiger partial charge in [-0.1, -0.05) is 78.9 Å². The molecule has 0 radical (unpaired) electrons. The molecule has 0 fully saturated rings. The second-order valence-corrected chi connectivity index (χ2v) is 8.10. The van der Waals surface area contributed by atoms with Crippen molar-refractivity contribution in [1.29, 1.82) is 0 Å². The van der Waals surface area contributed by atoms with Gasteiger partial charge in [-0.15, -0.1) is 22.6 Å². The standard InChI is InChI=1S/C21H24N4OS.ClH/c1-14(17(22)15-10-6-4-7-11-15)18(26)23-20-25-24-19(27-20)21(2,3)16-12-8-5-9-13-16;/h4-14,17H,22H2,1-3H3,(H,23,25,26);1H. The van der Waals surface area contributed by atoms with Crippen molar-refractivity contribution < 1.29 is 4.79 Å². The number of halogens is 1. The molecule has 7 heteroatoms. The van der Waals surface area contributed by atoms with Crippen LogP contribution in [0, 0.1) is 5.92 Å². The molecule has 0 aliphatic rings. The summed E-state index contributed by atoms with van der Waals surface area (Å²) in [4.78, 5) is 12.6. The maximum Gasteiger partial charge on any atom is 0.230 e. The largest absolute Gasteiger partial charge is 0.323 e. The molecule has 1 aromatic heterocycles. The molecule has 0 spiro atoms. The average Bonchev–Trinajstić information content (AvgIpc) is 3.17. The summed E-state index contributed by atoms with van der Waals surface area (Å²) >= 11 is 1.39. The number of hydrogen-bond donors (Lipinski definition) is 2. The molecule has 0 saturated carbocycles. The summed E-state index contributed by atoms with van der Waals surface area (Å²) < 4.78 is 0. The van der Waals surface area contributed by atoms with E-state index in [-0.39, 0.29) is 35.7 Å². The van der Waals surface area contributed by atoms with Gasteiger partial charge in [-0.2, -0.15) is 0 Å². The molecule has 0 bridgehead atoms. The monoisotopic (exact) mass is 416 g/mol. The van der Waals surface area contributed by atoms with E-state index in [9.17, 15) is 4.79 Å². The molecule has 28 heavy (non-hydrogen) atoms. The quantitative estimate of drug-likeness (QED) is 0.617. The van der Waals surface area contributed by atoms with Gasteiger partial charge < -0.3 is 11.1 Å². The van der Waals surface area contributed by atoms with E-state index < -0.39 is 0 Å². The third-order valence-electron chi connectivity index (χ3n) is 4.82. The van der Waals surface area contributed by atoms with E-state index in [1.807, 2.05) is 55.5 Å². The zero-order valence-corrected chi connectivity index (χ0v) is 17.8. The maximum atomic E-state index is 12.6. The molecular weight excluding hydrogens is 392 g/mol. The molecule has 3 aromatic rings. The van der Waals surface area contributed by atoms with Crippen molar-refractivity contribution in [2.45, 2.75) is 32.2 Å². The lowest BCUT2D eigenvalue weighted by Crippen LogP contribution is -2.30. The number of nitrogens with zero attached hydrogens (tertiary/aromatic N) is 2. The number of nitrogens with two attached hydrogens (primary N) is 1. The lowest BCUT2D eigenvalue weighted by Gasteiger charge is -2.21. The third-order valence-corrected chi connectivity index (χ3v) is 5.98. The van der Waals surface area contributed by atoms with Crippen LogP contribution in [0.5, 0.6) is 0 Å². The van der Waals surface area contributed by atoms with E-state index in [0.29, 0.717) is 5.13 Å². The first kappa shape index (κ1) is 22.0. The lowest BCUT2D eigenvalue weighted by molar-refractivity contribution is -0.120. The van der Waals surface area contributed by atoms with Crippen LogP contribution in [0.4, 0.5) is 5.13 Å². The van der Waals surface area contributed by atoms with Gasteiger partial charge in [-0.05, 0) is 25.0 Å². The van der Waals surface area contributed by atoms with E-state index >= 15 is 0 Å². The minimum atomic E-state index is -0.387. The van der Waals surface area contributed by atoms with Crippen molar-refractivity contribution in [2.75, 3.05) is 5.32 Å². The predicted molar refractivity (Wildman–Crippen MR) is 117 cm³/mol. The van der Waals surface area contributed by atoms with Gasteiger partial charge in [0.1, 0.15) is 5.01 Å². The lowest BCUT2D eigenvalue weighted by atomic mass is 9.85. The van der Waals surface area contributed by atoms with Crippen molar-refractivity contribution in [2.24, 2.45) is 11.7 Å². The number of carbonyl (C=O) groups is 1. The first-order valence-electron chi connectivity index (χ1n) is 8.90. The van der Waals surface area contributed by atoms with Crippen molar-refractivity contribution in [3.63, 3.8) is 0 Å². The molecule has 2 unspecified atom stereocenters. The Morgan fingerprint density at radius 1 is 1.04 bits per heavy atom. The number of anilines is 1. The molecule has 2 atom stereocenters. The molecule has 3 N–H and O–H groups in total. The van der Waals surface area contributed by atoms with Gasteiger partial charge in [0.05, 0.1) is 5.92 Å². The zero-order chi connectivity index (χ0) is 19.4. The van der Waals surface area contributed by atoms with Crippen LogP contribution >= 0.6 is 23.7 Å².